The molecule has 0 aliphatic heterocycles. The molecule has 0 fully saturated rings. The number of H-pyrrole nitrogens is 1. The Bertz CT molecular complexity index is 670. The Labute approximate surface area is 123 Å². The van der Waals surface area contributed by atoms with E-state index in [1.165, 1.54) is 12.6 Å². The minimum atomic E-state index is -0.398. The van der Waals surface area contributed by atoms with E-state index in [4.69, 9.17) is 0 Å². The largest absolute Gasteiger partial charge is 0.349 e. The van der Waals surface area contributed by atoms with E-state index < -0.39 is 5.69 Å². The van der Waals surface area contributed by atoms with E-state index in [2.05, 4.69) is 41.4 Å². The Morgan fingerprint density at radius 3 is 2.57 bits per heavy atom. The predicted molar refractivity (Wildman–Crippen MR) is 80.2 cm³/mol. The van der Waals surface area contributed by atoms with Gasteiger partial charge in [0.2, 0.25) is 5.82 Å². The SMILES string of the molecule is Cn1nc(C(=O)NCCC(C)(C)c2ccccc2)[nH]c1=O. The maximum atomic E-state index is 11.9. The van der Waals surface area contributed by atoms with Crippen LogP contribution in [0.25, 0.3) is 0 Å². The predicted octanol–water partition coefficient (Wildman–Crippen LogP) is 1.21. The average Bonchev–Trinajstić information content (AvgIpc) is 2.79. The number of hydrogen-bond donors (Lipinski definition) is 2. The van der Waals surface area contributed by atoms with Crippen LogP contribution in [0.3, 0.4) is 0 Å². The first-order valence-corrected chi connectivity index (χ1v) is 6.87. The van der Waals surface area contributed by atoms with Crippen molar-refractivity contribution in [1.29, 1.82) is 0 Å². The lowest BCUT2D eigenvalue weighted by Crippen LogP contribution is -2.30. The number of aryl methyl sites for hydroxylation is 1. The Hall–Kier alpha value is -2.37. The van der Waals surface area contributed by atoms with E-state index in [9.17, 15) is 9.59 Å². The van der Waals surface area contributed by atoms with Crippen LogP contribution in [0.1, 0.15) is 36.5 Å². The van der Waals surface area contributed by atoms with Gasteiger partial charge in [-0.05, 0) is 17.4 Å². The molecule has 112 valence electrons. The van der Waals surface area contributed by atoms with E-state index in [1.807, 2.05) is 18.2 Å². The fraction of sp³-hybridized carbons (Fsp3) is 0.400. The lowest BCUT2D eigenvalue weighted by atomic mass is 9.81. The fourth-order valence-electron chi connectivity index (χ4n) is 2.11. The van der Waals surface area contributed by atoms with Gasteiger partial charge in [-0.15, -0.1) is 5.10 Å². The summed E-state index contributed by atoms with van der Waals surface area (Å²) < 4.78 is 1.10. The van der Waals surface area contributed by atoms with Crippen molar-refractivity contribution in [2.45, 2.75) is 25.7 Å². The summed E-state index contributed by atoms with van der Waals surface area (Å²) in [5, 5.41) is 6.60. The van der Waals surface area contributed by atoms with Gasteiger partial charge in [-0.25, -0.2) is 9.48 Å². The van der Waals surface area contributed by atoms with Crippen LogP contribution in [0.4, 0.5) is 0 Å². The molecule has 1 heterocycles. The molecule has 0 saturated carbocycles. The van der Waals surface area contributed by atoms with Crippen molar-refractivity contribution in [2.24, 2.45) is 7.05 Å². The van der Waals surface area contributed by atoms with Crippen LogP contribution in [-0.4, -0.2) is 27.2 Å². The summed E-state index contributed by atoms with van der Waals surface area (Å²) in [6, 6.07) is 10.2. The number of aromatic nitrogens is 3. The molecule has 6 nitrogen and oxygen atoms in total. The number of benzene rings is 1. The summed E-state index contributed by atoms with van der Waals surface area (Å²) in [4.78, 5) is 25.5. The number of nitrogens with zero attached hydrogens (tertiary/aromatic N) is 2. The van der Waals surface area contributed by atoms with E-state index >= 15 is 0 Å². The van der Waals surface area contributed by atoms with E-state index in [0.29, 0.717) is 6.54 Å². The summed E-state index contributed by atoms with van der Waals surface area (Å²) in [6.45, 7) is 4.79. The highest BCUT2D eigenvalue weighted by Crippen LogP contribution is 2.25. The number of nitrogens with one attached hydrogen (secondary N) is 2. The third-order valence-corrected chi connectivity index (χ3v) is 3.58. The molecule has 0 saturated heterocycles. The standard InChI is InChI=1S/C15H20N4O2/c1-15(2,11-7-5-4-6-8-11)9-10-16-13(20)12-17-14(21)19(3)18-12/h4-8H,9-10H2,1-3H3,(H,16,20)(H,17,18,21). The van der Waals surface area contributed by atoms with Gasteiger partial charge < -0.3 is 5.32 Å². The lowest BCUT2D eigenvalue weighted by Gasteiger charge is -2.25. The second kappa shape index (κ2) is 5.95. The number of rotatable bonds is 5. The van der Waals surface area contributed by atoms with Crippen molar-refractivity contribution in [3.8, 4) is 0 Å². The van der Waals surface area contributed by atoms with Crippen molar-refractivity contribution in [3.05, 3.63) is 52.2 Å². The van der Waals surface area contributed by atoms with Crippen LogP contribution in [0.15, 0.2) is 35.1 Å². The smallest absolute Gasteiger partial charge is 0.343 e. The van der Waals surface area contributed by atoms with Gasteiger partial charge in [-0.2, -0.15) is 0 Å². The van der Waals surface area contributed by atoms with Gasteiger partial charge in [0, 0.05) is 13.6 Å². The lowest BCUT2D eigenvalue weighted by molar-refractivity contribution is 0.0940. The molecule has 0 aliphatic rings. The van der Waals surface area contributed by atoms with Gasteiger partial charge in [-0.3, -0.25) is 9.78 Å². The molecule has 0 radical (unpaired) electrons. The second-order valence-electron chi connectivity index (χ2n) is 5.66. The Balaban J connectivity index is 1.92. The highest BCUT2D eigenvalue weighted by atomic mass is 16.2. The number of amides is 1. The molecule has 0 unspecified atom stereocenters. The van der Waals surface area contributed by atoms with E-state index in [0.717, 1.165) is 11.1 Å². The zero-order valence-electron chi connectivity index (χ0n) is 12.5. The molecular formula is C15H20N4O2. The van der Waals surface area contributed by atoms with Gasteiger partial charge >= 0.3 is 5.69 Å². The summed E-state index contributed by atoms with van der Waals surface area (Å²) in [6.07, 6.45) is 0.791. The minimum Gasteiger partial charge on any atom is -0.349 e. The monoisotopic (exact) mass is 288 g/mol. The van der Waals surface area contributed by atoms with Crippen molar-refractivity contribution in [1.82, 2.24) is 20.1 Å². The molecule has 1 amide bonds. The molecule has 0 bridgehead atoms. The third-order valence-electron chi connectivity index (χ3n) is 3.58. The molecule has 21 heavy (non-hydrogen) atoms. The first-order chi connectivity index (χ1) is 9.90. The van der Waals surface area contributed by atoms with E-state index in [1.54, 1.807) is 0 Å². The summed E-state index contributed by atoms with van der Waals surface area (Å²) >= 11 is 0. The van der Waals surface area contributed by atoms with Crippen molar-refractivity contribution >= 4 is 5.91 Å². The summed E-state index contributed by atoms with van der Waals surface area (Å²) in [5.41, 5.74) is 0.793. The molecule has 2 N–H and O–H groups in total. The number of carbonyl (C=O) groups is 1. The first kappa shape index (κ1) is 15.0. The Kier molecular flexibility index (Phi) is 4.26. The maximum absolute atomic E-state index is 11.9. The number of carbonyl (C=O) groups excluding carboxylic acids is 1. The normalized spacial score (nSPS) is 11.4. The molecule has 1 aromatic heterocycles. The molecule has 0 spiro atoms. The van der Waals surface area contributed by atoms with Crippen LogP contribution in [0.2, 0.25) is 0 Å². The fourth-order valence-corrected chi connectivity index (χ4v) is 2.11. The van der Waals surface area contributed by atoms with Crippen molar-refractivity contribution in [2.75, 3.05) is 6.54 Å². The molecule has 1 aromatic carbocycles. The van der Waals surface area contributed by atoms with Crippen LogP contribution < -0.4 is 11.0 Å². The Morgan fingerprint density at radius 1 is 1.33 bits per heavy atom. The highest BCUT2D eigenvalue weighted by molar-refractivity contribution is 5.90. The van der Waals surface area contributed by atoms with Crippen molar-refractivity contribution < 1.29 is 4.79 Å². The minimum absolute atomic E-state index is 0.0356. The quantitative estimate of drug-likeness (QED) is 0.867. The zero-order chi connectivity index (χ0) is 15.5. The maximum Gasteiger partial charge on any atom is 0.343 e. The van der Waals surface area contributed by atoms with Crippen LogP contribution in [0.5, 0.6) is 0 Å². The third kappa shape index (κ3) is 3.59. The molecular weight excluding hydrogens is 268 g/mol. The van der Waals surface area contributed by atoms with Gasteiger partial charge in [0.05, 0.1) is 0 Å². The van der Waals surface area contributed by atoms with Gasteiger partial charge in [0.1, 0.15) is 0 Å². The van der Waals surface area contributed by atoms with Gasteiger partial charge in [-0.1, -0.05) is 44.2 Å². The topological polar surface area (TPSA) is 79.8 Å². The summed E-state index contributed by atoms with van der Waals surface area (Å²) in [5.74, 6) is -0.323. The number of aromatic amines is 1. The van der Waals surface area contributed by atoms with Crippen LogP contribution in [-0.2, 0) is 12.5 Å². The van der Waals surface area contributed by atoms with Gasteiger partial charge in [0.25, 0.3) is 5.91 Å². The highest BCUT2D eigenvalue weighted by Gasteiger charge is 2.20. The zero-order valence-corrected chi connectivity index (χ0v) is 12.5. The Morgan fingerprint density at radius 2 is 2.00 bits per heavy atom. The molecule has 2 aromatic rings. The molecule has 0 atom stereocenters. The van der Waals surface area contributed by atoms with Crippen molar-refractivity contribution in [3.63, 3.8) is 0 Å². The molecule has 2 rings (SSSR count). The summed E-state index contributed by atoms with van der Waals surface area (Å²) in [7, 11) is 1.49. The van der Waals surface area contributed by atoms with Crippen LogP contribution in [0, 0.1) is 0 Å². The van der Waals surface area contributed by atoms with Crippen LogP contribution >= 0.6 is 0 Å². The van der Waals surface area contributed by atoms with Gasteiger partial charge in [0.15, 0.2) is 0 Å². The molecule has 0 aliphatic carbocycles. The first-order valence-electron chi connectivity index (χ1n) is 6.87. The average molecular weight is 288 g/mol. The molecule has 6 heteroatoms. The second-order valence-corrected chi connectivity index (χ2v) is 5.66. The van der Waals surface area contributed by atoms with E-state index in [-0.39, 0.29) is 17.1 Å². The number of hydrogen-bond acceptors (Lipinski definition) is 3.